The number of rotatable bonds is 5. The summed E-state index contributed by atoms with van der Waals surface area (Å²) in [4.78, 5) is 0. The van der Waals surface area contributed by atoms with Gasteiger partial charge in [0, 0.05) is 11.8 Å². The summed E-state index contributed by atoms with van der Waals surface area (Å²) in [5, 5.41) is 8.90. The molecule has 0 radical (unpaired) electrons. The standard InChI is InChI=1S/C24H31F2N/c1-2-3-17-4-10-21(11-5-17)23(25)24(26)22-14-12-20(13-15-22)19-8-6-18(16-27)7-9-19/h6-9,17,20-22H,2-5,10-15H2,1H3/b24-23+. The van der Waals surface area contributed by atoms with E-state index in [1.807, 2.05) is 24.3 Å². The van der Waals surface area contributed by atoms with Crippen LogP contribution in [0.4, 0.5) is 8.78 Å². The van der Waals surface area contributed by atoms with E-state index in [9.17, 15) is 8.78 Å². The molecule has 1 aromatic rings. The summed E-state index contributed by atoms with van der Waals surface area (Å²) in [7, 11) is 0. The molecule has 3 rings (SSSR count). The van der Waals surface area contributed by atoms with Crippen molar-refractivity contribution < 1.29 is 8.78 Å². The fraction of sp³-hybridized carbons (Fsp3) is 0.625. The van der Waals surface area contributed by atoms with Crippen LogP contribution >= 0.6 is 0 Å². The molecule has 0 saturated heterocycles. The molecular formula is C24H31F2N. The van der Waals surface area contributed by atoms with Gasteiger partial charge < -0.3 is 0 Å². The second-order valence-electron chi connectivity index (χ2n) is 8.48. The van der Waals surface area contributed by atoms with E-state index in [0.29, 0.717) is 17.4 Å². The molecule has 27 heavy (non-hydrogen) atoms. The first-order valence-corrected chi connectivity index (χ1v) is 10.7. The third-order valence-electron chi connectivity index (χ3n) is 6.73. The van der Waals surface area contributed by atoms with Crippen molar-refractivity contribution in [1.82, 2.24) is 0 Å². The average molecular weight is 372 g/mol. The number of benzene rings is 1. The number of hydrogen-bond donors (Lipinski definition) is 0. The van der Waals surface area contributed by atoms with Gasteiger partial charge in [0.1, 0.15) is 11.7 Å². The van der Waals surface area contributed by atoms with Crippen molar-refractivity contribution in [2.75, 3.05) is 0 Å². The zero-order valence-corrected chi connectivity index (χ0v) is 16.4. The fourth-order valence-corrected chi connectivity index (χ4v) is 5.01. The van der Waals surface area contributed by atoms with Crippen LogP contribution in [-0.2, 0) is 0 Å². The molecule has 0 aliphatic heterocycles. The molecule has 1 nitrogen and oxygen atoms in total. The maximum atomic E-state index is 14.8. The van der Waals surface area contributed by atoms with Crippen LogP contribution in [0.1, 0.15) is 88.2 Å². The van der Waals surface area contributed by atoms with Crippen LogP contribution < -0.4 is 0 Å². The number of nitrogens with zero attached hydrogens (tertiary/aromatic N) is 1. The van der Waals surface area contributed by atoms with Gasteiger partial charge in [0.05, 0.1) is 11.6 Å². The van der Waals surface area contributed by atoms with E-state index in [-0.39, 0.29) is 11.8 Å². The highest BCUT2D eigenvalue weighted by atomic mass is 19.2. The van der Waals surface area contributed by atoms with Gasteiger partial charge in [-0.05, 0) is 80.9 Å². The van der Waals surface area contributed by atoms with Gasteiger partial charge in [-0.25, -0.2) is 8.78 Å². The van der Waals surface area contributed by atoms with E-state index in [2.05, 4.69) is 13.0 Å². The molecule has 2 saturated carbocycles. The normalized spacial score (nSPS) is 29.7. The lowest BCUT2D eigenvalue weighted by molar-refractivity contribution is 0.241. The zero-order valence-electron chi connectivity index (χ0n) is 16.4. The number of hydrogen-bond acceptors (Lipinski definition) is 1. The monoisotopic (exact) mass is 371 g/mol. The van der Waals surface area contributed by atoms with Crippen molar-refractivity contribution in [3.8, 4) is 6.07 Å². The third-order valence-corrected chi connectivity index (χ3v) is 6.73. The molecule has 0 unspecified atom stereocenters. The summed E-state index contributed by atoms with van der Waals surface area (Å²) in [5.41, 5.74) is 1.88. The molecule has 2 aliphatic rings. The number of nitriles is 1. The Morgan fingerprint density at radius 2 is 1.41 bits per heavy atom. The number of allylic oxidation sites excluding steroid dienone is 2. The van der Waals surface area contributed by atoms with Gasteiger partial charge in [0.15, 0.2) is 0 Å². The highest BCUT2D eigenvalue weighted by Gasteiger charge is 2.31. The SMILES string of the molecule is CCCC1CCC(/C(F)=C(\F)C2CCC(c3ccc(C#N)cc3)CC2)CC1. The highest BCUT2D eigenvalue weighted by molar-refractivity contribution is 5.33. The van der Waals surface area contributed by atoms with Gasteiger partial charge in [0.2, 0.25) is 0 Å². The Morgan fingerprint density at radius 1 is 0.889 bits per heavy atom. The van der Waals surface area contributed by atoms with Crippen molar-refractivity contribution in [3.63, 3.8) is 0 Å². The van der Waals surface area contributed by atoms with Crippen molar-refractivity contribution in [3.05, 3.63) is 47.0 Å². The lowest BCUT2D eigenvalue weighted by Crippen LogP contribution is -2.19. The summed E-state index contributed by atoms with van der Waals surface area (Å²) >= 11 is 0. The Labute approximate surface area is 162 Å². The molecule has 0 heterocycles. The predicted molar refractivity (Wildman–Crippen MR) is 105 cm³/mol. The molecule has 1 aromatic carbocycles. The molecule has 0 atom stereocenters. The lowest BCUT2D eigenvalue weighted by atomic mass is 9.76. The van der Waals surface area contributed by atoms with Crippen molar-refractivity contribution >= 4 is 0 Å². The van der Waals surface area contributed by atoms with Crippen LogP contribution in [-0.4, -0.2) is 0 Å². The Hall–Kier alpha value is -1.69. The molecule has 0 spiro atoms. The molecular weight excluding hydrogens is 340 g/mol. The molecule has 0 amide bonds. The lowest BCUT2D eigenvalue weighted by Gasteiger charge is -2.31. The first-order chi connectivity index (χ1) is 13.1. The summed E-state index contributed by atoms with van der Waals surface area (Å²) < 4.78 is 29.6. The van der Waals surface area contributed by atoms with Gasteiger partial charge >= 0.3 is 0 Å². The van der Waals surface area contributed by atoms with Crippen LogP contribution in [0.15, 0.2) is 35.9 Å². The minimum atomic E-state index is -0.452. The van der Waals surface area contributed by atoms with Crippen molar-refractivity contribution in [2.24, 2.45) is 17.8 Å². The summed E-state index contributed by atoms with van der Waals surface area (Å²) in [6.07, 6.45) is 9.33. The fourth-order valence-electron chi connectivity index (χ4n) is 5.01. The Balaban J connectivity index is 1.55. The van der Waals surface area contributed by atoms with Crippen LogP contribution in [0, 0.1) is 29.1 Å². The predicted octanol–water partition coefficient (Wildman–Crippen LogP) is 7.59. The van der Waals surface area contributed by atoms with Crippen molar-refractivity contribution in [2.45, 2.75) is 77.0 Å². The minimum Gasteiger partial charge on any atom is -0.209 e. The van der Waals surface area contributed by atoms with Gasteiger partial charge in [-0.15, -0.1) is 0 Å². The van der Waals surface area contributed by atoms with Crippen LogP contribution in [0.5, 0.6) is 0 Å². The zero-order chi connectivity index (χ0) is 19.2. The van der Waals surface area contributed by atoms with Gasteiger partial charge in [0.25, 0.3) is 0 Å². The maximum Gasteiger partial charge on any atom is 0.135 e. The molecule has 2 aliphatic carbocycles. The summed E-state index contributed by atoms with van der Waals surface area (Å²) in [6.45, 7) is 2.19. The summed E-state index contributed by atoms with van der Waals surface area (Å²) in [6, 6.07) is 9.83. The van der Waals surface area contributed by atoms with Gasteiger partial charge in [-0.2, -0.15) is 5.26 Å². The first-order valence-electron chi connectivity index (χ1n) is 10.7. The summed E-state index contributed by atoms with van der Waals surface area (Å²) in [5.74, 6) is -0.208. The van der Waals surface area contributed by atoms with Crippen molar-refractivity contribution in [1.29, 1.82) is 5.26 Å². The number of halogens is 2. The quantitative estimate of drug-likeness (QED) is 0.523. The third kappa shape index (κ3) is 4.98. The van der Waals surface area contributed by atoms with E-state index >= 15 is 0 Å². The second kappa shape index (κ2) is 9.49. The molecule has 3 heteroatoms. The molecule has 0 N–H and O–H groups in total. The van der Waals surface area contributed by atoms with E-state index in [1.165, 1.54) is 18.4 Å². The van der Waals surface area contributed by atoms with Crippen LogP contribution in [0.3, 0.4) is 0 Å². The largest absolute Gasteiger partial charge is 0.209 e. The molecule has 0 aromatic heterocycles. The van der Waals surface area contributed by atoms with E-state index < -0.39 is 11.7 Å². The Bertz CT molecular complexity index is 669. The minimum absolute atomic E-state index is 0.186. The smallest absolute Gasteiger partial charge is 0.135 e. The van der Waals surface area contributed by atoms with E-state index in [1.54, 1.807) is 0 Å². The van der Waals surface area contributed by atoms with Crippen LogP contribution in [0.2, 0.25) is 0 Å². The molecule has 146 valence electrons. The topological polar surface area (TPSA) is 23.8 Å². The van der Waals surface area contributed by atoms with E-state index in [0.717, 1.165) is 51.4 Å². The van der Waals surface area contributed by atoms with Crippen LogP contribution in [0.25, 0.3) is 0 Å². The Morgan fingerprint density at radius 3 is 1.89 bits per heavy atom. The van der Waals surface area contributed by atoms with Gasteiger partial charge in [-0.3, -0.25) is 0 Å². The highest BCUT2D eigenvalue weighted by Crippen LogP contribution is 2.43. The molecule has 0 bridgehead atoms. The molecule has 2 fully saturated rings. The first kappa shape index (κ1) is 20.1. The van der Waals surface area contributed by atoms with E-state index in [4.69, 9.17) is 5.26 Å². The van der Waals surface area contributed by atoms with Gasteiger partial charge in [-0.1, -0.05) is 31.9 Å². The second-order valence-corrected chi connectivity index (χ2v) is 8.48. The maximum absolute atomic E-state index is 14.8. The Kier molecular flexibility index (Phi) is 7.05. The average Bonchev–Trinajstić information content (AvgIpc) is 2.74.